The first kappa shape index (κ1) is 13.3. The summed E-state index contributed by atoms with van der Waals surface area (Å²) in [5, 5.41) is 3.24. The number of carbonyl (C=O) groups is 1. The van der Waals surface area contributed by atoms with Gasteiger partial charge in [0.25, 0.3) is 0 Å². The summed E-state index contributed by atoms with van der Waals surface area (Å²) in [5.41, 5.74) is 2.84. The largest absolute Gasteiger partial charge is 0.385 e. The third-order valence-electron chi connectivity index (χ3n) is 2.93. The van der Waals surface area contributed by atoms with Gasteiger partial charge in [0.1, 0.15) is 12.1 Å². The minimum atomic E-state index is -0.221. The number of benzene rings is 2. The van der Waals surface area contributed by atoms with Crippen LogP contribution in [0.3, 0.4) is 0 Å². The van der Waals surface area contributed by atoms with Gasteiger partial charge in [0, 0.05) is 17.8 Å². The molecule has 19 heavy (non-hydrogen) atoms. The topological polar surface area (TPSA) is 29.1 Å². The van der Waals surface area contributed by atoms with Gasteiger partial charge >= 0.3 is 0 Å². The van der Waals surface area contributed by atoms with Gasteiger partial charge in [0.05, 0.1) is 0 Å². The Hall–Kier alpha value is -2.16. The van der Waals surface area contributed by atoms with Crippen molar-refractivity contribution >= 4 is 12.0 Å². The Morgan fingerprint density at radius 3 is 2.32 bits per heavy atom. The second-order valence-electron chi connectivity index (χ2n) is 4.40. The minimum absolute atomic E-state index is 0.221. The van der Waals surface area contributed by atoms with E-state index in [1.54, 1.807) is 12.1 Å². The number of nitrogens with one attached hydrogen (secondary N) is 1. The van der Waals surface area contributed by atoms with Gasteiger partial charge in [-0.15, -0.1) is 0 Å². The summed E-state index contributed by atoms with van der Waals surface area (Å²) in [7, 11) is 0. The SMILES string of the molecule is O=Cc1ccc(CCCNc2ccc(F)cc2)cc1. The van der Waals surface area contributed by atoms with E-state index in [0.29, 0.717) is 5.56 Å². The van der Waals surface area contributed by atoms with Gasteiger partial charge < -0.3 is 5.32 Å². The molecule has 0 saturated carbocycles. The monoisotopic (exact) mass is 257 g/mol. The number of carbonyl (C=O) groups excluding carboxylic acids is 1. The molecule has 0 aliphatic carbocycles. The summed E-state index contributed by atoms with van der Waals surface area (Å²) >= 11 is 0. The van der Waals surface area contributed by atoms with E-state index in [-0.39, 0.29) is 5.82 Å². The minimum Gasteiger partial charge on any atom is -0.385 e. The van der Waals surface area contributed by atoms with Crippen LogP contribution < -0.4 is 5.32 Å². The van der Waals surface area contributed by atoms with Crippen molar-refractivity contribution in [1.82, 2.24) is 0 Å². The molecule has 2 aromatic carbocycles. The van der Waals surface area contributed by atoms with Gasteiger partial charge in [-0.25, -0.2) is 4.39 Å². The van der Waals surface area contributed by atoms with Gasteiger partial charge in [0.15, 0.2) is 0 Å². The molecule has 0 radical (unpaired) electrons. The highest BCUT2D eigenvalue weighted by Crippen LogP contribution is 2.09. The van der Waals surface area contributed by atoms with Crippen LogP contribution in [0.15, 0.2) is 48.5 Å². The Kier molecular flexibility index (Phi) is 4.67. The molecule has 0 bridgehead atoms. The standard InChI is InChI=1S/C16H16FNO/c17-15-7-9-16(10-8-15)18-11-1-2-13-3-5-14(12-19)6-4-13/h3-10,12,18H,1-2,11H2. The normalized spacial score (nSPS) is 10.2. The molecule has 0 fully saturated rings. The Balaban J connectivity index is 1.74. The van der Waals surface area contributed by atoms with E-state index in [9.17, 15) is 9.18 Å². The van der Waals surface area contributed by atoms with Crippen LogP contribution in [-0.2, 0) is 6.42 Å². The molecule has 2 rings (SSSR count). The maximum absolute atomic E-state index is 12.7. The molecule has 0 amide bonds. The average molecular weight is 257 g/mol. The molecule has 0 aliphatic rings. The summed E-state index contributed by atoms with van der Waals surface area (Å²) < 4.78 is 12.7. The van der Waals surface area contributed by atoms with Crippen LogP contribution >= 0.6 is 0 Å². The van der Waals surface area contributed by atoms with Crippen LogP contribution in [0.4, 0.5) is 10.1 Å². The number of rotatable bonds is 6. The predicted octanol–water partition coefficient (Wildman–Crippen LogP) is 3.68. The molecule has 0 aliphatic heterocycles. The zero-order valence-corrected chi connectivity index (χ0v) is 10.6. The summed E-state index contributed by atoms with van der Waals surface area (Å²) in [5.74, 6) is -0.221. The van der Waals surface area contributed by atoms with Gasteiger partial charge in [-0.3, -0.25) is 4.79 Å². The fourth-order valence-corrected chi connectivity index (χ4v) is 1.86. The Labute approximate surface area is 112 Å². The molecular formula is C16H16FNO. The third-order valence-corrected chi connectivity index (χ3v) is 2.93. The van der Waals surface area contributed by atoms with Crippen molar-refractivity contribution in [3.05, 3.63) is 65.5 Å². The van der Waals surface area contributed by atoms with Crippen LogP contribution in [0.5, 0.6) is 0 Å². The number of anilines is 1. The molecule has 0 saturated heterocycles. The molecule has 2 nitrogen and oxygen atoms in total. The van der Waals surface area contributed by atoms with Crippen molar-refractivity contribution in [3.8, 4) is 0 Å². The van der Waals surface area contributed by atoms with Crippen molar-refractivity contribution in [2.75, 3.05) is 11.9 Å². The highest BCUT2D eigenvalue weighted by Gasteiger charge is 1.96. The van der Waals surface area contributed by atoms with Crippen LogP contribution in [0, 0.1) is 5.82 Å². The first-order valence-electron chi connectivity index (χ1n) is 6.31. The second-order valence-corrected chi connectivity index (χ2v) is 4.40. The van der Waals surface area contributed by atoms with E-state index in [1.807, 2.05) is 24.3 Å². The van der Waals surface area contributed by atoms with Crippen LogP contribution in [0.1, 0.15) is 22.3 Å². The van der Waals surface area contributed by atoms with Crippen molar-refractivity contribution in [2.24, 2.45) is 0 Å². The lowest BCUT2D eigenvalue weighted by Gasteiger charge is -2.06. The number of aryl methyl sites for hydroxylation is 1. The molecule has 0 atom stereocenters. The van der Waals surface area contributed by atoms with Crippen molar-refractivity contribution < 1.29 is 9.18 Å². The summed E-state index contributed by atoms with van der Waals surface area (Å²) in [6.07, 6.45) is 2.78. The first-order valence-corrected chi connectivity index (χ1v) is 6.31. The molecule has 0 spiro atoms. The lowest BCUT2D eigenvalue weighted by atomic mass is 10.1. The lowest BCUT2D eigenvalue weighted by molar-refractivity contribution is 0.112. The third kappa shape index (κ3) is 4.21. The quantitative estimate of drug-likeness (QED) is 0.631. The van der Waals surface area contributed by atoms with E-state index in [2.05, 4.69) is 5.32 Å². The van der Waals surface area contributed by atoms with E-state index < -0.39 is 0 Å². The summed E-state index contributed by atoms with van der Waals surface area (Å²) in [6, 6.07) is 14.0. The van der Waals surface area contributed by atoms with Crippen LogP contribution in [-0.4, -0.2) is 12.8 Å². The molecule has 0 heterocycles. The van der Waals surface area contributed by atoms with Crippen LogP contribution in [0.25, 0.3) is 0 Å². The number of hydrogen-bond acceptors (Lipinski definition) is 2. The van der Waals surface area contributed by atoms with Crippen molar-refractivity contribution in [2.45, 2.75) is 12.8 Å². The van der Waals surface area contributed by atoms with E-state index >= 15 is 0 Å². The Morgan fingerprint density at radius 2 is 1.68 bits per heavy atom. The van der Waals surface area contributed by atoms with Crippen molar-refractivity contribution in [3.63, 3.8) is 0 Å². The molecule has 2 aromatic rings. The number of halogens is 1. The van der Waals surface area contributed by atoms with Gasteiger partial charge in [0.2, 0.25) is 0 Å². The predicted molar refractivity (Wildman–Crippen MR) is 75.0 cm³/mol. The molecule has 98 valence electrons. The smallest absolute Gasteiger partial charge is 0.150 e. The molecule has 1 N–H and O–H groups in total. The van der Waals surface area contributed by atoms with Gasteiger partial charge in [-0.2, -0.15) is 0 Å². The highest BCUT2D eigenvalue weighted by molar-refractivity contribution is 5.74. The van der Waals surface area contributed by atoms with Crippen molar-refractivity contribution in [1.29, 1.82) is 0 Å². The highest BCUT2D eigenvalue weighted by atomic mass is 19.1. The zero-order chi connectivity index (χ0) is 13.5. The van der Waals surface area contributed by atoms with Gasteiger partial charge in [-0.05, 0) is 42.7 Å². The molecule has 3 heteroatoms. The lowest BCUT2D eigenvalue weighted by Crippen LogP contribution is -2.02. The summed E-state index contributed by atoms with van der Waals surface area (Å²) in [4.78, 5) is 10.5. The maximum atomic E-state index is 12.7. The average Bonchev–Trinajstić information content (AvgIpc) is 2.46. The Bertz CT molecular complexity index is 519. The summed E-state index contributed by atoms with van der Waals surface area (Å²) in [6.45, 7) is 0.834. The molecule has 0 aromatic heterocycles. The fraction of sp³-hybridized carbons (Fsp3) is 0.188. The van der Waals surface area contributed by atoms with E-state index in [0.717, 1.165) is 31.4 Å². The van der Waals surface area contributed by atoms with E-state index in [4.69, 9.17) is 0 Å². The molecule has 0 unspecified atom stereocenters. The molecular weight excluding hydrogens is 241 g/mol. The fourth-order valence-electron chi connectivity index (χ4n) is 1.86. The van der Waals surface area contributed by atoms with E-state index in [1.165, 1.54) is 17.7 Å². The second kappa shape index (κ2) is 6.69. The maximum Gasteiger partial charge on any atom is 0.150 e. The van der Waals surface area contributed by atoms with Crippen LogP contribution in [0.2, 0.25) is 0 Å². The zero-order valence-electron chi connectivity index (χ0n) is 10.6. The first-order chi connectivity index (χ1) is 9.28. The number of aldehydes is 1. The van der Waals surface area contributed by atoms with Gasteiger partial charge in [-0.1, -0.05) is 24.3 Å². The number of hydrogen-bond donors (Lipinski definition) is 1. The Morgan fingerprint density at radius 1 is 1.00 bits per heavy atom.